The number of aromatic nitrogens is 1. The second-order valence-corrected chi connectivity index (χ2v) is 7.22. The molecule has 1 heterocycles. The van der Waals surface area contributed by atoms with Crippen molar-refractivity contribution < 1.29 is 9.63 Å². The van der Waals surface area contributed by atoms with Gasteiger partial charge in [0.15, 0.2) is 0 Å². The van der Waals surface area contributed by atoms with Crippen molar-refractivity contribution >= 4 is 34.4 Å². The number of benzene rings is 2. The van der Waals surface area contributed by atoms with Crippen molar-refractivity contribution in [1.29, 1.82) is 0 Å². The van der Waals surface area contributed by atoms with E-state index >= 15 is 0 Å². The van der Waals surface area contributed by atoms with Crippen molar-refractivity contribution in [3.63, 3.8) is 0 Å². The van der Waals surface area contributed by atoms with Gasteiger partial charge in [-0.05, 0) is 42.0 Å². The van der Waals surface area contributed by atoms with Crippen LogP contribution in [0, 0.1) is 0 Å². The lowest BCUT2D eigenvalue weighted by molar-refractivity contribution is 0.0841. The molecule has 0 unspecified atom stereocenters. The average molecular weight is 414 g/mol. The van der Waals surface area contributed by atoms with E-state index in [2.05, 4.69) is 15.0 Å². The van der Waals surface area contributed by atoms with Gasteiger partial charge in [-0.1, -0.05) is 41.9 Å². The number of carbonyl (C=O) groups excluding carboxylic acids is 1. The summed E-state index contributed by atoms with van der Waals surface area (Å²) in [6.07, 6.45) is 0. The number of aromatic amines is 1. The predicted molar refractivity (Wildman–Crippen MR) is 116 cm³/mol. The van der Waals surface area contributed by atoms with Crippen LogP contribution in [0.3, 0.4) is 0 Å². The van der Waals surface area contributed by atoms with Gasteiger partial charge >= 0.3 is 0 Å². The number of amides is 1. The summed E-state index contributed by atoms with van der Waals surface area (Å²) in [5.41, 5.74) is 8.38. The quantitative estimate of drug-likeness (QED) is 0.269. The van der Waals surface area contributed by atoms with Crippen LogP contribution in [0.25, 0.3) is 10.9 Å². The fourth-order valence-electron chi connectivity index (χ4n) is 2.82. The van der Waals surface area contributed by atoms with E-state index < -0.39 is 0 Å². The van der Waals surface area contributed by atoms with Crippen LogP contribution in [0.15, 0.2) is 59.8 Å². The van der Waals surface area contributed by atoms with E-state index in [9.17, 15) is 4.79 Å². The minimum absolute atomic E-state index is 0.00555. The molecule has 3 N–H and O–H groups in total. The number of likely N-dealkylation sites (N-methyl/N-ethyl adjacent to an activating group) is 1. The fourth-order valence-corrected chi connectivity index (χ4v) is 2.95. The van der Waals surface area contributed by atoms with Crippen LogP contribution in [-0.4, -0.2) is 53.9 Å². The summed E-state index contributed by atoms with van der Waals surface area (Å²) in [5, 5.41) is 5.53. The third-order valence-corrected chi connectivity index (χ3v) is 4.75. The van der Waals surface area contributed by atoms with Crippen LogP contribution in [0.4, 0.5) is 0 Å². The zero-order chi connectivity index (χ0) is 20.8. The Bertz CT molecular complexity index is 967. The first kappa shape index (κ1) is 20.7. The molecule has 0 aliphatic rings. The first-order chi connectivity index (χ1) is 13.9. The van der Waals surface area contributed by atoms with Gasteiger partial charge in [-0.3, -0.25) is 14.6 Å². The van der Waals surface area contributed by atoms with Crippen LogP contribution in [0.5, 0.6) is 0 Å². The van der Waals surface area contributed by atoms with E-state index in [1.54, 1.807) is 13.1 Å². The standard InChI is InChI=1S/C21H24ClN5O2/c1-26(14-15-7-9-17(22)10-8-15)11-12-29-25-21(23)27(2)20(28)19-13-16-5-3-4-6-18(16)24-19/h3-10,13,24H,11-12,14H2,1-2H3,(H2,23,25). The minimum atomic E-state index is -0.286. The Morgan fingerprint density at radius 1 is 1.17 bits per heavy atom. The van der Waals surface area contributed by atoms with Crippen LogP contribution in [-0.2, 0) is 11.4 Å². The number of rotatable bonds is 7. The van der Waals surface area contributed by atoms with Gasteiger partial charge in [-0.2, -0.15) is 0 Å². The molecule has 0 atom stereocenters. The lowest BCUT2D eigenvalue weighted by Gasteiger charge is -2.17. The third kappa shape index (κ3) is 5.49. The zero-order valence-corrected chi connectivity index (χ0v) is 17.2. The SMILES string of the molecule is CN(CCON=C(N)N(C)C(=O)c1cc2ccccc2[nH]1)Cc1ccc(Cl)cc1. The first-order valence-electron chi connectivity index (χ1n) is 9.18. The highest BCUT2D eigenvalue weighted by Crippen LogP contribution is 2.15. The van der Waals surface area contributed by atoms with E-state index in [4.69, 9.17) is 22.2 Å². The Morgan fingerprint density at radius 2 is 1.90 bits per heavy atom. The molecule has 0 radical (unpaired) electrons. The van der Waals surface area contributed by atoms with E-state index in [0.29, 0.717) is 18.8 Å². The summed E-state index contributed by atoms with van der Waals surface area (Å²) >= 11 is 5.90. The normalized spacial score (nSPS) is 11.8. The van der Waals surface area contributed by atoms with Gasteiger partial charge in [-0.25, -0.2) is 0 Å². The number of oxime groups is 1. The lowest BCUT2D eigenvalue weighted by Crippen LogP contribution is -2.39. The molecular formula is C21H24ClN5O2. The van der Waals surface area contributed by atoms with Gasteiger partial charge in [0.25, 0.3) is 5.91 Å². The Morgan fingerprint density at radius 3 is 2.62 bits per heavy atom. The Labute approximate surface area is 174 Å². The van der Waals surface area contributed by atoms with Crippen molar-refractivity contribution in [2.75, 3.05) is 27.2 Å². The number of halogens is 1. The van der Waals surface area contributed by atoms with Crippen molar-refractivity contribution in [2.24, 2.45) is 10.9 Å². The highest BCUT2D eigenvalue weighted by molar-refractivity contribution is 6.30. The molecule has 1 amide bonds. The minimum Gasteiger partial charge on any atom is -0.391 e. The summed E-state index contributed by atoms with van der Waals surface area (Å²) < 4.78 is 0. The maximum Gasteiger partial charge on any atom is 0.276 e. The van der Waals surface area contributed by atoms with Gasteiger partial charge < -0.3 is 15.6 Å². The first-order valence-corrected chi connectivity index (χ1v) is 9.56. The van der Waals surface area contributed by atoms with Gasteiger partial charge in [0, 0.05) is 36.1 Å². The Hall–Kier alpha value is -3.03. The molecule has 3 rings (SSSR count). The Balaban J connectivity index is 1.48. The number of para-hydroxylation sites is 1. The van der Waals surface area contributed by atoms with Crippen LogP contribution in [0.2, 0.25) is 5.02 Å². The lowest BCUT2D eigenvalue weighted by atomic mass is 10.2. The number of nitrogens with two attached hydrogens (primary N) is 1. The van der Waals surface area contributed by atoms with E-state index in [1.165, 1.54) is 4.90 Å². The molecule has 3 aromatic rings. The van der Waals surface area contributed by atoms with Crippen molar-refractivity contribution in [2.45, 2.75) is 6.54 Å². The fraction of sp³-hybridized carbons (Fsp3) is 0.238. The molecule has 152 valence electrons. The number of H-pyrrole nitrogens is 1. The van der Waals surface area contributed by atoms with Crippen molar-refractivity contribution in [1.82, 2.24) is 14.8 Å². The molecule has 8 heteroatoms. The highest BCUT2D eigenvalue weighted by atomic mass is 35.5. The molecule has 0 aliphatic heterocycles. The molecule has 0 saturated heterocycles. The highest BCUT2D eigenvalue weighted by Gasteiger charge is 2.17. The summed E-state index contributed by atoms with van der Waals surface area (Å²) in [6, 6.07) is 17.2. The summed E-state index contributed by atoms with van der Waals surface area (Å²) in [5.74, 6) is -0.292. The number of hydrogen-bond acceptors (Lipinski definition) is 4. The number of nitrogens with one attached hydrogen (secondary N) is 1. The molecule has 0 aliphatic carbocycles. The molecule has 2 aromatic carbocycles. The van der Waals surface area contributed by atoms with Crippen LogP contribution >= 0.6 is 11.6 Å². The van der Waals surface area contributed by atoms with Gasteiger partial charge in [-0.15, -0.1) is 0 Å². The smallest absolute Gasteiger partial charge is 0.276 e. The molecule has 0 bridgehead atoms. The Kier molecular flexibility index (Phi) is 6.74. The van der Waals surface area contributed by atoms with Crippen molar-refractivity contribution in [3.05, 3.63) is 70.9 Å². The molecule has 7 nitrogen and oxygen atoms in total. The summed E-state index contributed by atoms with van der Waals surface area (Å²) in [4.78, 5) is 24.3. The molecule has 29 heavy (non-hydrogen) atoms. The van der Waals surface area contributed by atoms with E-state index in [1.807, 2.05) is 55.6 Å². The van der Waals surface area contributed by atoms with Gasteiger partial charge in [0.2, 0.25) is 5.96 Å². The second-order valence-electron chi connectivity index (χ2n) is 6.78. The number of hydrogen-bond donors (Lipinski definition) is 2. The molecule has 0 spiro atoms. The largest absolute Gasteiger partial charge is 0.391 e. The van der Waals surface area contributed by atoms with Gasteiger partial charge in [0.1, 0.15) is 12.3 Å². The molecule has 0 saturated carbocycles. The predicted octanol–water partition coefficient (Wildman–Crippen LogP) is 3.27. The number of nitrogens with zero attached hydrogens (tertiary/aromatic N) is 3. The summed E-state index contributed by atoms with van der Waals surface area (Å²) in [7, 11) is 3.54. The molecule has 0 fully saturated rings. The van der Waals surface area contributed by atoms with E-state index in [0.717, 1.165) is 28.0 Å². The summed E-state index contributed by atoms with van der Waals surface area (Å²) in [6.45, 7) is 1.76. The van der Waals surface area contributed by atoms with Crippen LogP contribution < -0.4 is 5.73 Å². The second kappa shape index (κ2) is 9.45. The molecule has 1 aromatic heterocycles. The number of fused-ring (bicyclic) bond motifs is 1. The number of carbonyl (C=O) groups is 1. The van der Waals surface area contributed by atoms with Crippen LogP contribution in [0.1, 0.15) is 16.1 Å². The topological polar surface area (TPSA) is 86.9 Å². The maximum absolute atomic E-state index is 12.6. The van der Waals surface area contributed by atoms with Crippen molar-refractivity contribution in [3.8, 4) is 0 Å². The maximum atomic E-state index is 12.6. The number of guanidine groups is 1. The average Bonchev–Trinajstić information content (AvgIpc) is 3.16. The third-order valence-electron chi connectivity index (χ3n) is 4.50. The molecular weight excluding hydrogens is 390 g/mol. The zero-order valence-electron chi connectivity index (χ0n) is 16.4. The van der Waals surface area contributed by atoms with Gasteiger partial charge in [0.05, 0.1) is 0 Å². The monoisotopic (exact) mass is 413 g/mol. The van der Waals surface area contributed by atoms with E-state index in [-0.39, 0.29) is 11.9 Å².